The highest BCUT2D eigenvalue weighted by molar-refractivity contribution is 5.06. The second-order valence-corrected chi connectivity index (χ2v) is 2.40. The molecule has 0 aliphatic heterocycles. The molecule has 1 rings (SSSR count). The van der Waals surface area contributed by atoms with Crippen LogP contribution in [0.25, 0.3) is 0 Å². The molecule has 0 spiro atoms. The van der Waals surface area contributed by atoms with Gasteiger partial charge in [0.15, 0.2) is 5.82 Å². The molecule has 0 atom stereocenters. The summed E-state index contributed by atoms with van der Waals surface area (Å²) < 4.78 is 14.6. The molecule has 74 valence electrons. The van der Waals surface area contributed by atoms with Gasteiger partial charge in [0.1, 0.15) is 0 Å². The molecule has 2 N–H and O–H groups in total. The summed E-state index contributed by atoms with van der Waals surface area (Å²) in [6.45, 7) is 1.71. The van der Waals surface area contributed by atoms with E-state index in [2.05, 4.69) is 14.7 Å². The van der Waals surface area contributed by atoms with Crippen LogP contribution in [0.3, 0.4) is 0 Å². The van der Waals surface area contributed by atoms with Gasteiger partial charge in [0, 0.05) is 13.5 Å². The van der Waals surface area contributed by atoms with Crippen molar-refractivity contribution >= 4 is 6.01 Å². The van der Waals surface area contributed by atoms with Crippen LogP contribution in [0.15, 0.2) is 4.52 Å². The number of nitrogen functional groups attached to an aromatic ring is 1. The number of hydrogen-bond acceptors (Lipinski definition) is 6. The summed E-state index contributed by atoms with van der Waals surface area (Å²) in [5, 5.41) is 3.61. The van der Waals surface area contributed by atoms with Gasteiger partial charge in [0.25, 0.3) is 0 Å². The molecule has 6 heteroatoms. The van der Waals surface area contributed by atoms with Gasteiger partial charge in [-0.1, -0.05) is 5.16 Å². The van der Waals surface area contributed by atoms with Gasteiger partial charge < -0.3 is 19.7 Å². The van der Waals surface area contributed by atoms with E-state index < -0.39 is 0 Å². The van der Waals surface area contributed by atoms with Gasteiger partial charge in [-0.3, -0.25) is 0 Å². The van der Waals surface area contributed by atoms with Crippen molar-refractivity contribution in [2.24, 2.45) is 0 Å². The summed E-state index contributed by atoms with van der Waals surface area (Å²) in [6, 6.07) is 0.0897. The zero-order valence-electron chi connectivity index (χ0n) is 7.52. The summed E-state index contributed by atoms with van der Waals surface area (Å²) in [5.74, 6) is 0.565. The maximum Gasteiger partial charge on any atom is 0.318 e. The molecule has 6 nitrogen and oxygen atoms in total. The number of methoxy groups -OCH3 is 1. The van der Waals surface area contributed by atoms with Crippen LogP contribution < -0.4 is 5.73 Å². The van der Waals surface area contributed by atoms with Crippen molar-refractivity contribution in [3.05, 3.63) is 5.82 Å². The van der Waals surface area contributed by atoms with Gasteiger partial charge in [0.05, 0.1) is 19.8 Å². The molecule has 0 bridgehead atoms. The van der Waals surface area contributed by atoms with Crippen molar-refractivity contribution in [1.29, 1.82) is 0 Å². The lowest BCUT2D eigenvalue weighted by Crippen LogP contribution is -2.05. The van der Waals surface area contributed by atoms with Crippen molar-refractivity contribution < 1.29 is 14.0 Å². The number of aromatic nitrogens is 2. The van der Waals surface area contributed by atoms with Crippen molar-refractivity contribution in [3.63, 3.8) is 0 Å². The van der Waals surface area contributed by atoms with Crippen molar-refractivity contribution in [1.82, 2.24) is 10.1 Å². The minimum Gasteiger partial charge on any atom is -0.382 e. The first-order valence-corrected chi connectivity index (χ1v) is 3.97. The Bertz CT molecular complexity index is 239. The van der Waals surface area contributed by atoms with E-state index in [-0.39, 0.29) is 6.01 Å². The van der Waals surface area contributed by atoms with Crippen LogP contribution >= 0.6 is 0 Å². The predicted molar refractivity (Wildman–Crippen MR) is 45.1 cm³/mol. The molecule has 0 aliphatic carbocycles. The molecule has 1 aromatic rings. The molecule has 1 heterocycles. The first-order chi connectivity index (χ1) is 6.33. The fraction of sp³-hybridized carbons (Fsp3) is 0.714. The highest BCUT2D eigenvalue weighted by Gasteiger charge is 2.01. The van der Waals surface area contributed by atoms with Gasteiger partial charge in [-0.05, 0) is 0 Å². The van der Waals surface area contributed by atoms with Crippen molar-refractivity contribution in [2.45, 2.75) is 6.42 Å². The predicted octanol–water partition coefficient (Wildman–Crippen LogP) is -0.143. The quantitative estimate of drug-likeness (QED) is 0.624. The Morgan fingerprint density at radius 3 is 2.85 bits per heavy atom. The first-order valence-electron chi connectivity index (χ1n) is 3.97. The monoisotopic (exact) mass is 187 g/mol. The summed E-state index contributed by atoms with van der Waals surface area (Å²) in [5.41, 5.74) is 5.23. The third kappa shape index (κ3) is 3.86. The molecule has 0 aliphatic rings. The Morgan fingerprint density at radius 2 is 2.23 bits per heavy atom. The number of ether oxygens (including phenoxy) is 2. The molecular formula is C7H13N3O3. The molecule has 0 saturated carbocycles. The molecule has 0 unspecified atom stereocenters. The maximum absolute atomic E-state index is 5.23. The minimum atomic E-state index is 0.0897. The topological polar surface area (TPSA) is 83.4 Å². The molecule has 0 radical (unpaired) electrons. The molecule has 0 amide bonds. The molecule has 1 aromatic heterocycles. The van der Waals surface area contributed by atoms with Crippen LogP contribution in [0.1, 0.15) is 5.82 Å². The van der Waals surface area contributed by atoms with E-state index in [0.29, 0.717) is 32.1 Å². The molecule has 13 heavy (non-hydrogen) atoms. The number of rotatable bonds is 6. The second kappa shape index (κ2) is 5.50. The third-order valence-electron chi connectivity index (χ3n) is 1.39. The Balaban J connectivity index is 2.06. The highest BCUT2D eigenvalue weighted by atomic mass is 16.5. The van der Waals surface area contributed by atoms with Crippen LogP contribution in [0.4, 0.5) is 6.01 Å². The normalized spacial score (nSPS) is 10.5. The van der Waals surface area contributed by atoms with Gasteiger partial charge >= 0.3 is 6.01 Å². The van der Waals surface area contributed by atoms with Crippen LogP contribution in [0.2, 0.25) is 0 Å². The SMILES string of the molecule is COCCOCCc1noc(N)n1. The summed E-state index contributed by atoms with van der Waals surface area (Å²) in [7, 11) is 1.63. The van der Waals surface area contributed by atoms with E-state index in [1.165, 1.54) is 0 Å². The van der Waals surface area contributed by atoms with Crippen LogP contribution in [-0.4, -0.2) is 37.1 Å². The van der Waals surface area contributed by atoms with Crippen LogP contribution in [0.5, 0.6) is 0 Å². The smallest absolute Gasteiger partial charge is 0.318 e. The second-order valence-electron chi connectivity index (χ2n) is 2.40. The Kier molecular flexibility index (Phi) is 4.20. The molecular weight excluding hydrogens is 174 g/mol. The van der Waals surface area contributed by atoms with E-state index in [4.69, 9.17) is 15.2 Å². The number of nitrogens with zero attached hydrogens (tertiary/aromatic N) is 2. The van der Waals surface area contributed by atoms with E-state index in [9.17, 15) is 0 Å². The summed E-state index contributed by atoms with van der Waals surface area (Å²) >= 11 is 0. The molecule has 0 fully saturated rings. The zero-order chi connectivity index (χ0) is 9.52. The van der Waals surface area contributed by atoms with Crippen LogP contribution in [0, 0.1) is 0 Å². The lowest BCUT2D eigenvalue weighted by Gasteiger charge is -1.99. The molecule has 0 saturated heterocycles. The average Bonchev–Trinajstić information content (AvgIpc) is 2.51. The fourth-order valence-corrected chi connectivity index (χ4v) is 0.777. The van der Waals surface area contributed by atoms with E-state index in [1.54, 1.807) is 7.11 Å². The van der Waals surface area contributed by atoms with E-state index in [1.807, 2.05) is 0 Å². The minimum absolute atomic E-state index is 0.0897. The Labute approximate surface area is 76.0 Å². The maximum atomic E-state index is 5.23. The highest BCUT2D eigenvalue weighted by Crippen LogP contribution is 1.98. The zero-order valence-corrected chi connectivity index (χ0v) is 7.52. The largest absolute Gasteiger partial charge is 0.382 e. The van der Waals surface area contributed by atoms with E-state index in [0.717, 1.165) is 0 Å². The molecule has 0 aromatic carbocycles. The van der Waals surface area contributed by atoms with Crippen molar-refractivity contribution in [3.8, 4) is 0 Å². The average molecular weight is 187 g/mol. The van der Waals surface area contributed by atoms with Gasteiger partial charge in [-0.25, -0.2) is 0 Å². The van der Waals surface area contributed by atoms with Gasteiger partial charge in [-0.2, -0.15) is 4.98 Å². The number of anilines is 1. The van der Waals surface area contributed by atoms with Crippen LogP contribution in [-0.2, 0) is 15.9 Å². The lowest BCUT2D eigenvalue weighted by atomic mass is 10.4. The van der Waals surface area contributed by atoms with Gasteiger partial charge in [0.2, 0.25) is 0 Å². The summed E-state index contributed by atoms with van der Waals surface area (Å²) in [4.78, 5) is 3.82. The van der Waals surface area contributed by atoms with Crippen molar-refractivity contribution in [2.75, 3.05) is 32.7 Å². The standard InChI is InChI=1S/C7H13N3O3/c1-11-4-5-12-3-2-6-9-7(8)13-10-6/h2-5H2,1H3,(H2,8,9,10). The first kappa shape index (κ1) is 9.94. The van der Waals surface area contributed by atoms with Gasteiger partial charge in [-0.15, -0.1) is 0 Å². The number of nitrogens with two attached hydrogens (primary N) is 1. The lowest BCUT2D eigenvalue weighted by molar-refractivity contribution is 0.0714. The fourth-order valence-electron chi connectivity index (χ4n) is 0.777. The Hall–Kier alpha value is -1.14. The number of hydrogen-bond donors (Lipinski definition) is 1. The van der Waals surface area contributed by atoms with E-state index >= 15 is 0 Å². The third-order valence-corrected chi connectivity index (χ3v) is 1.39. The Morgan fingerprint density at radius 1 is 1.38 bits per heavy atom. The summed E-state index contributed by atoms with van der Waals surface area (Å²) in [6.07, 6.45) is 0.602.